The number of hydrogen-bond acceptors (Lipinski definition) is 3. The van der Waals surface area contributed by atoms with Crippen LogP contribution in [0.4, 0.5) is 0 Å². The lowest BCUT2D eigenvalue weighted by Crippen LogP contribution is -2.35. The number of amides is 1. The van der Waals surface area contributed by atoms with E-state index >= 15 is 0 Å². The SMILES string of the molecule is O=C(CCn1ccc(=O)[nH]c1=O)NC1CCCC1. The van der Waals surface area contributed by atoms with E-state index in [1.165, 1.54) is 29.7 Å². The molecule has 1 aromatic heterocycles. The number of aryl methyl sites for hydroxylation is 1. The first kappa shape index (κ1) is 12.6. The van der Waals surface area contributed by atoms with Crippen LogP contribution in [0.1, 0.15) is 32.1 Å². The van der Waals surface area contributed by atoms with Crippen molar-refractivity contribution in [3.05, 3.63) is 33.1 Å². The van der Waals surface area contributed by atoms with Gasteiger partial charge < -0.3 is 9.88 Å². The van der Waals surface area contributed by atoms with Crippen LogP contribution in [-0.2, 0) is 11.3 Å². The molecule has 1 fully saturated rings. The predicted molar refractivity (Wildman–Crippen MR) is 66.3 cm³/mol. The lowest BCUT2D eigenvalue weighted by Gasteiger charge is -2.12. The Morgan fingerprint density at radius 3 is 2.78 bits per heavy atom. The highest BCUT2D eigenvalue weighted by Crippen LogP contribution is 2.17. The molecule has 0 atom stereocenters. The number of rotatable bonds is 4. The van der Waals surface area contributed by atoms with E-state index in [0.29, 0.717) is 6.04 Å². The molecule has 0 bridgehead atoms. The van der Waals surface area contributed by atoms with Crippen LogP contribution >= 0.6 is 0 Å². The molecule has 1 heterocycles. The highest BCUT2D eigenvalue weighted by Gasteiger charge is 2.16. The van der Waals surface area contributed by atoms with Crippen LogP contribution < -0.4 is 16.6 Å². The summed E-state index contributed by atoms with van der Waals surface area (Å²) < 4.78 is 1.33. The molecule has 0 spiro atoms. The average molecular weight is 251 g/mol. The highest BCUT2D eigenvalue weighted by molar-refractivity contribution is 5.76. The van der Waals surface area contributed by atoms with Crippen molar-refractivity contribution in [3.63, 3.8) is 0 Å². The monoisotopic (exact) mass is 251 g/mol. The lowest BCUT2D eigenvalue weighted by atomic mass is 10.2. The molecule has 0 aliphatic heterocycles. The molecule has 1 aliphatic carbocycles. The Hall–Kier alpha value is -1.85. The van der Waals surface area contributed by atoms with Crippen molar-refractivity contribution in [1.82, 2.24) is 14.9 Å². The van der Waals surface area contributed by atoms with Gasteiger partial charge in [0.1, 0.15) is 0 Å². The average Bonchev–Trinajstić information content (AvgIpc) is 2.80. The van der Waals surface area contributed by atoms with Gasteiger partial charge in [0.15, 0.2) is 0 Å². The van der Waals surface area contributed by atoms with Gasteiger partial charge in [-0.25, -0.2) is 4.79 Å². The minimum absolute atomic E-state index is 0.0417. The standard InChI is InChI=1S/C12H17N3O3/c16-10(13-9-3-1-2-4-9)5-7-15-8-6-11(17)14-12(15)18/h6,8-9H,1-5,7H2,(H,13,16)(H,14,17,18). The molecule has 0 aromatic carbocycles. The third-order valence-corrected chi connectivity index (χ3v) is 3.20. The van der Waals surface area contributed by atoms with Crippen molar-refractivity contribution >= 4 is 5.91 Å². The molecule has 1 aliphatic rings. The number of aromatic amines is 1. The summed E-state index contributed by atoms with van der Waals surface area (Å²) in [5, 5.41) is 2.95. The summed E-state index contributed by atoms with van der Waals surface area (Å²) in [4.78, 5) is 36.0. The Morgan fingerprint density at radius 1 is 1.39 bits per heavy atom. The number of aromatic nitrogens is 2. The molecule has 0 unspecified atom stereocenters. The van der Waals surface area contributed by atoms with Crippen molar-refractivity contribution in [3.8, 4) is 0 Å². The quantitative estimate of drug-likeness (QED) is 0.789. The molecule has 0 radical (unpaired) electrons. The second-order valence-corrected chi connectivity index (χ2v) is 4.60. The van der Waals surface area contributed by atoms with Gasteiger partial charge >= 0.3 is 5.69 Å². The maximum atomic E-state index is 11.7. The summed E-state index contributed by atoms with van der Waals surface area (Å²) in [7, 11) is 0. The largest absolute Gasteiger partial charge is 0.353 e. The van der Waals surface area contributed by atoms with E-state index in [1.807, 2.05) is 0 Å². The van der Waals surface area contributed by atoms with Crippen LogP contribution in [-0.4, -0.2) is 21.5 Å². The van der Waals surface area contributed by atoms with E-state index in [4.69, 9.17) is 0 Å². The zero-order valence-electron chi connectivity index (χ0n) is 10.1. The van der Waals surface area contributed by atoms with Crippen molar-refractivity contribution in [2.45, 2.75) is 44.7 Å². The first-order valence-electron chi connectivity index (χ1n) is 6.24. The fraction of sp³-hybridized carbons (Fsp3) is 0.583. The Balaban J connectivity index is 1.85. The lowest BCUT2D eigenvalue weighted by molar-refractivity contribution is -0.122. The Labute approximate surface area is 104 Å². The van der Waals surface area contributed by atoms with Crippen LogP contribution in [0.25, 0.3) is 0 Å². The van der Waals surface area contributed by atoms with Gasteiger partial charge in [-0.3, -0.25) is 14.6 Å². The first-order chi connectivity index (χ1) is 8.65. The molecule has 2 rings (SSSR count). The predicted octanol–water partition coefficient (Wildman–Crippen LogP) is -0.0145. The fourth-order valence-corrected chi connectivity index (χ4v) is 2.21. The number of nitrogens with zero attached hydrogens (tertiary/aromatic N) is 1. The summed E-state index contributed by atoms with van der Waals surface area (Å²) in [5.41, 5.74) is -0.900. The highest BCUT2D eigenvalue weighted by atomic mass is 16.2. The summed E-state index contributed by atoms with van der Waals surface area (Å²) >= 11 is 0. The van der Waals surface area contributed by atoms with Crippen molar-refractivity contribution in [2.24, 2.45) is 0 Å². The zero-order valence-corrected chi connectivity index (χ0v) is 10.1. The van der Waals surface area contributed by atoms with E-state index in [1.54, 1.807) is 0 Å². The third-order valence-electron chi connectivity index (χ3n) is 3.20. The zero-order chi connectivity index (χ0) is 13.0. The van der Waals surface area contributed by atoms with Crippen LogP contribution in [0.5, 0.6) is 0 Å². The number of carbonyl (C=O) groups excluding carboxylic acids is 1. The van der Waals surface area contributed by atoms with E-state index in [9.17, 15) is 14.4 Å². The smallest absolute Gasteiger partial charge is 0.328 e. The molecule has 1 saturated carbocycles. The fourth-order valence-electron chi connectivity index (χ4n) is 2.21. The van der Waals surface area contributed by atoms with E-state index in [0.717, 1.165) is 12.8 Å². The molecular weight excluding hydrogens is 234 g/mol. The van der Waals surface area contributed by atoms with Crippen LogP contribution in [0.3, 0.4) is 0 Å². The van der Waals surface area contributed by atoms with Crippen molar-refractivity contribution in [2.75, 3.05) is 0 Å². The van der Waals surface area contributed by atoms with Crippen LogP contribution in [0.2, 0.25) is 0 Å². The summed E-state index contributed by atoms with van der Waals surface area (Å²) in [5.74, 6) is -0.0417. The van der Waals surface area contributed by atoms with Gasteiger partial charge in [0.05, 0.1) is 0 Å². The number of H-pyrrole nitrogens is 1. The summed E-state index contributed by atoms with van der Waals surface area (Å²) in [6.45, 7) is 0.286. The maximum Gasteiger partial charge on any atom is 0.328 e. The third kappa shape index (κ3) is 3.32. The molecule has 6 heteroatoms. The minimum atomic E-state index is -0.476. The molecule has 6 nitrogen and oxygen atoms in total. The summed E-state index contributed by atoms with van der Waals surface area (Å²) in [6, 6.07) is 1.57. The van der Waals surface area contributed by atoms with Gasteiger partial charge in [-0.2, -0.15) is 0 Å². The second kappa shape index (κ2) is 5.66. The van der Waals surface area contributed by atoms with E-state index in [2.05, 4.69) is 10.3 Å². The molecule has 98 valence electrons. The maximum absolute atomic E-state index is 11.7. The van der Waals surface area contributed by atoms with Crippen LogP contribution in [0, 0.1) is 0 Å². The Bertz CT molecular complexity index is 526. The second-order valence-electron chi connectivity index (χ2n) is 4.60. The number of hydrogen-bond donors (Lipinski definition) is 2. The minimum Gasteiger partial charge on any atom is -0.353 e. The normalized spacial score (nSPS) is 15.8. The number of carbonyl (C=O) groups is 1. The van der Waals surface area contributed by atoms with Gasteiger partial charge in [-0.05, 0) is 12.8 Å². The first-order valence-corrected chi connectivity index (χ1v) is 6.24. The van der Waals surface area contributed by atoms with Crippen molar-refractivity contribution in [1.29, 1.82) is 0 Å². The van der Waals surface area contributed by atoms with Gasteiger partial charge in [0, 0.05) is 31.3 Å². The molecule has 1 amide bonds. The van der Waals surface area contributed by atoms with Gasteiger partial charge in [0.2, 0.25) is 5.91 Å². The molecule has 18 heavy (non-hydrogen) atoms. The Kier molecular flexibility index (Phi) is 3.96. The molecule has 2 N–H and O–H groups in total. The molecule has 1 aromatic rings. The number of nitrogens with one attached hydrogen (secondary N) is 2. The Morgan fingerprint density at radius 2 is 2.11 bits per heavy atom. The molecular formula is C12H17N3O3. The van der Waals surface area contributed by atoms with E-state index in [-0.39, 0.29) is 18.9 Å². The van der Waals surface area contributed by atoms with E-state index < -0.39 is 11.2 Å². The summed E-state index contributed by atoms with van der Waals surface area (Å²) in [6.07, 6.45) is 6.09. The van der Waals surface area contributed by atoms with Crippen molar-refractivity contribution < 1.29 is 4.79 Å². The van der Waals surface area contributed by atoms with Gasteiger partial charge in [-0.1, -0.05) is 12.8 Å². The molecule has 0 saturated heterocycles. The topological polar surface area (TPSA) is 84.0 Å². The van der Waals surface area contributed by atoms with Crippen LogP contribution in [0.15, 0.2) is 21.9 Å². The van der Waals surface area contributed by atoms with Gasteiger partial charge in [-0.15, -0.1) is 0 Å². The van der Waals surface area contributed by atoms with Gasteiger partial charge in [0.25, 0.3) is 5.56 Å².